The van der Waals surface area contributed by atoms with Crippen molar-refractivity contribution in [1.82, 2.24) is 16.1 Å². The molecule has 224 valence electrons. The lowest BCUT2D eigenvalue weighted by atomic mass is 9.95. The lowest BCUT2D eigenvalue weighted by Crippen LogP contribution is -2.45. The van der Waals surface area contributed by atoms with Crippen molar-refractivity contribution in [2.45, 2.75) is 26.5 Å². The van der Waals surface area contributed by atoms with Crippen molar-refractivity contribution < 1.29 is 23.8 Å². The quantitative estimate of drug-likeness (QED) is 0.0682. The second-order valence-corrected chi connectivity index (χ2v) is 12.5. The molecule has 13 heteroatoms. The van der Waals surface area contributed by atoms with Crippen LogP contribution in [-0.4, -0.2) is 36.4 Å². The number of carbonyl (C=O) groups excluding carboxylic acids is 2. The number of esters is 1. The third-order valence-electron chi connectivity index (χ3n) is 6.07. The molecule has 1 atom stereocenters. The van der Waals surface area contributed by atoms with Crippen molar-refractivity contribution >= 4 is 89.9 Å². The first-order valence-electron chi connectivity index (χ1n) is 13.0. The molecule has 43 heavy (non-hydrogen) atoms. The third-order valence-corrected chi connectivity index (χ3v) is 8.21. The first-order valence-corrected chi connectivity index (χ1v) is 16.1. The summed E-state index contributed by atoms with van der Waals surface area (Å²) < 4.78 is 19.8. The zero-order chi connectivity index (χ0) is 30.9. The van der Waals surface area contributed by atoms with Crippen LogP contribution in [0.25, 0.3) is 0 Å². The van der Waals surface area contributed by atoms with E-state index >= 15 is 0 Å². The summed E-state index contributed by atoms with van der Waals surface area (Å²) >= 11 is 14.5. The van der Waals surface area contributed by atoms with E-state index in [-0.39, 0.29) is 13.2 Å². The number of nitrogens with zero attached hydrogens (tertiary/aromatic N) is 1. The van der Waals surface area contributed by atoms with Gasteiger partial charge in [0.15, 0.2) is 11.7 Å². The highest BCUT2D eigenvalue weighted by atomic mass is 127. The van der Waals surface area contributed by atoms with Gasteiger partial charge in [-0.15, -0.1) is 0 Å². The fraction of sp³-hybridized carbons (Fsp3) is 0.200. The number of hydrogen-bond donors (Lipinski definition) is 3. The maximum atomic E-state index is 12.7. The summed E-state index contributed by atoms with van der Waals surface area (Å²) in [7, 11) is 0. The predicted octanol–water partition coefficient (Wildman–Crippen LogP) is 6.28. The molecule has 0 aliphatic carbocycles. The van der Waals surface area contributed by atoms with Gasteiger partial charge in [-0.2, -0.15) is 5.10 Å². The second-order valence-electron chi connectivity index (χ2n) is 9.14. The van der Waals surface area contributed by atoms with Gasteiger partial charge in [0.05, 0.1) is 32.5 Å². The van der Waals surface area contributed by atoms with Gasteiger partial charge in [-0.25, -0.2) is 10.2 Å². The van der Waals surface area contributed by atoms with E-state index in [4.69, 9.17) is 26.4 Å². The number of amides is 1. The van der Waals surface area contributed by atoms with E-state index in [0.29, 0.717) is 34.3 Å². The number of para-hydroxylation sites is 1. The van der Waals surface area contributed by atoms with Crippen molar-refractivity contribution in [3.8, 4) is 11.5 Å². The van der Waals surface area contributed by atoms with Crippen molar-refractivity contribution in [2.75, 3.05) is 13.2 Å². The molecule has 0 fully saturated rings. The van der Waals surface area contributed by atoms with Crippen LogP contribution in [0.2, 0.25) is 0 Å². The van der Waals surface area contributed by atoms with Crippen LogP contribution in [0.1, 0.15) is 36.6 Å². The number of thiocarbonyl (C=S) groups is 1. The van der Waals surface area contributed by atoms with Crippen molar-refractivity contribution in [3.05, 3.63) is 101 Å². The smallest absolute Gasteiger partial charge is 0.338 e. The molecule has 0 saturated heterocycles. The van der Waals surface area contributed by atoms with E-state index in [1.165, 1.54) is 6.21 Å². The average Bonchev–Trinajstić information content (AvgIpc) is 2.96. The van der Waals surface area contributed by atoms with Gasteiger partial charge in [0.2, 0.25) is 0 Å². The molecule has 0 bridgehead atoms. The first-order chi connectivity index (χ1) is 20.7. The fourth-order valence-corrected chi connectivity index (χ4v) is 6.44. The highest BCUT2D eigenvalue weighted by molar-refractivity contribution is 14.1. The number of carbonyl (C=O) groups is 2. The Morgan fingerprint density at radius 1 is 1.12 bits per heavy atom. The fourth-order valence-electron chi connectivity index (χ4n) is 4.14. The summed E-state index contributed by atoms with van der Waals surface area (Å²) in [6, 6.07) is 18.2. The minimum atomic E-state index is -0.618. The van der Waals surface area contributed by atoms with Crippen molar-refractivity contribution in [1.29, 1.82) is 0 Å². The van der Waals surface area contributed by atoms with E-state index in [0.717, 1.165) is 29.4 Å². The van der Waals surface area contributed by atoms with Gasteiger partial charge in [0, 0.05) is 15.7 Å². The van der Waals surface area contributed by atoms with Crippen molar-refractivity contribution in [3.63, 3.8) is 0 Å². The van der Waals surface area contributed by atoms with Gasteiger partial charge < -0.3 is 24.8 Å². The molecule has 1 aliphatic rings. The molecule has 3 aromatic rings. The van der Waals surface area contributed by atoms with Crippen LogP contribution < -0.4 is 25.5 Å². The molecule has 3 N–H and O–H groups in total. The number of hydrogen-bond acceptors (Lipinski definition) is 7. The van der Waals surface area contributed by atoms with Crippen molar-refractivity contribution in [2.24, 2.45) is 5.10 Å². The van der Waals surface area contributed by atoms with Crippen LogP contribution >= 0.6 is 66.7 Å². The molecule has 0 saturated carbocycles. The normalized spacial score (nSPS) is 14.6. The zero-order valence-electron chi connectivity index (χ0n) is 23.1. The molecule has 1 aliphatic heterocycles. The molecule has 1 heterocycles. The van der Waals surface area contributed by atoms with Gasteiger partial charge in [0.1, 0.15) is 18.1 Å². The second kappa shape index (κ2) is 15.6. The lowest BCUT2D eigenvalue weighted by Gasteiger charge is -2.30. The van der Waals surface area contributed by atoms with Crippen LogP contribution in [-0.2, 0) is 20.9 Å². The van der Waals surface area contributed by atoms with E-state index in [2.05, 4.69) is 75.6 Å². The topological polar surface area (TPSA) is 110 Å². The van der Waals surface area contributed by atoms with Crippen LogP contribution in [0.15, 0.2) is 86.0 Å². The van der Waals surface area contributed by atoms with E-state index in [1.54, 1.807) is 32.0 Å². The van der Waals surface area contributed by atoms with Gasteiger partial charge in [-0.05, 0) is 106 Å². The number of halogens is 3. The summed E-state index contributed by atoms with van der Waals surface area (Å²) in [5.41, 5.74) is 5.89. The maximum Gasteiger partial charge on any atom is 0.338 e. The summed E-state index contributed by atoms with van der Waals surface area (Å²) in [4.78, 5) is 25.3. The number of ether oxygens (including phenoxy) is 3. The highest BCUT2D eigenvalue weighted by Gasteiger charge is 2.32. The number of allylic oxidation sites excluding steroid dienone is 1. The monoisotopic (exact) mass is 840 g/mol. The summed E-state index contributed by atoms with van der Waals surface area (Å²) in [5.74, 6) is 0.202. The Kier molecular flexibility index (Phi) is 12.0. The Morgan fingerprint density at radius 3 is 2.58 bits per heavy atom. The Morgan fingerprint density at radius 2 is 1.86 bits per heavy atom. The Balaban J connectivity index is 1.37. The molecule has 9 nitrogen and oxygen atoms in total. The molecule has 0 aromatic heterocycles. The van der Waals surface area contributed by atoms with E-state index in [9.17, 15) is 9.59 Å². The first kappa shape index (κ1) is 32.9. The Labute approximate surface area is 285 Å². The predicted molar refractivity (Wildman–Crippen MR) is 184 cm³/mol. The van der Waals surface area contributed by atoms with E-state index in [1.807, 2.05) is 42.5 Å². The molecule has 3 aromatic carbocycles. The Bertz CT molecular complexity index is 1560. The molecular weight excluding hydrogens is 815 g/mol. The minimum Gasteiger partial charge on any atom is -0.487 e. The van der Waals surface area contributed by atoms with Gasteiger partial charge in [0.25, 0.3) is 5.91 Å². The number of nitrogens with one attached hydrogen (secondary N) is 3. The molecule has 1 amide bonds. The van der Waals surface area contributed by atoms with E-state index < -0.39 is 17.9 Å². The summed E-state index contributed by atoms with van der Waals surface area (Å²) in [5, 5.41) is 10.5. The number of hydrazone groups is 1. The standard InChI is InChI=1S/C30H27Br2IN4O5S/c1-3-40-29(39)26-17(2)35-30(43)36-27(26)21-6-4-5-7-24(21)41-16-25(38)37-34-14-19-12-22(32)28(23(33)13-19)42-15-18-8-10-20(31)11-9-18/h4-14,27H,3,15-16H2,1-2H3,(H,37,38)(H2,35,36,43)/t27-/m0/s1. The zero-order valence-corrected chi connectivity index (χ0v) is 29.2. The van der Waals surface area contributed by atoms with Crippen LogP contribution in [0.5, 0.6) is 11.5 Å². The maximum absolute atomic E-state index is 12.7. The highest BCUT2D eigenvalue weighted by Crippen LogP contribution is 2.34. The summed E-state index contributed by atoms with van der Waals surface area (Å²) in [6.45, 7) is 3.85. The summed E-state index contributed by atoms with van der Waals surface area (Å²) in [6.07, 6.45) is 1.54. The SMILES string of the molecule is CCOC(=O)C1=C(C)NC(=S)N[C@H]1c1ccccc1OCC(=O)NN=Cc1cc(Br)c(OCc2ccc(Br)cc2)c(I)c1. The molecular formula is C30H27Br2IN4O5S. The minimum absolute atomic E-state index is 0.229. The van der Waals surface area contributed by atoms with Crippen LogP contribution in [0.4, 0.5) is 0 Å². The third kappa shape index (κ3) is 9.00. The molecule has 0 unspecified atom stereocenters. The average molecular weight is 842 g/mol. The van der Waals surface area contributed by atoms with Crippen LogP contribution in [0, 0.1) is 3.57 Å². The molecule has 0 spiro atoms. The number of benzene rings is 3. The van der Waals surface area contributed by atoms with Crippen LogP contribution in [0.3, 0.4) is 0 Å². The van der Waals surface area contributed by atoms with Gasteiger partial charge in [-0.1, -0.05) is 46.3 Å². The largest absolute Gasteiger partial charge is 0.487 e. The lowest BCUT2D eigenvalue weighted by molar-refractivity contribution is -0.139. The van der Waals surface area contributed by atoms with Gasteiger partial charge >= 0.3 is 5.97 Å². The molecule has 4 rings (SSSR count). The Hall–Kier alpha value is -3.01. The number of rotatable bonds is 11. The molecule has 0 radical (unpaired) electrons. The van der Waals surface area contributed by atoms with Gasteiger partial charge in [-0.3, -0.25) is 4.79 Å².